The second kappa shape index (κ2) is 17.6. The van der Waals surface area contributed by atoms with Crippen LogP contribution in [0.15, 0.2) is 60.9 Å². The quantitative estimate of drug-likeness (QED) is 0.133. The number of amides is 2. The van der Waals surface area contributed by atoms with Crippen molar-refractivity contribution in [3.63, 3.8) is 0 Å². The monoisotopic (exact) mass is 749 g/mol. The lowest BCUT2D eigenvalue weighted by Crippen LogP contribution is -2.50. The predicted molar refractivity (Wildman–Crippen MR) is 221 cm³/mol. The molecule has 9 nitrogen and oxygen atoms in total. The fourth-order valence-corrected chi connectivity index (χ4v) is 10.7. The highest BCUT2D eigenvalue weighted by Crippen LogP contribution is 2.33. The lowest BCUT2D eigenvalue weighted by molar-refractivity contribution is -0.135. The van der Waals surface area contributed by atoms with Crippen molar-refractivity contribution >= 4 is 33.6 Å². The minimum atomic E-state index is -0.362. The molecule has 4 heterocycles. The molecule has 4 aromatic rings. The molecular formula is C46H64N6O3. The maximum absolute atomic E-state index is 13.6. The van der Waals surface area contributed by atoms with Crippen molar-refractivity contribution in [2.75, 3.05) is 26.3 Å². The molecule has 4 fully saturated rings. The van der Waals surface area contributed by atoms with E-state index in [0.29, 0.717) is 25.0 Å². The van der Waals surface area contributed by atoms with Gasteiger partial charge < -0.3 is 35.1 Å². The number of carbonyl (C=O) groups excluding carboxylic acids is 2. The molecule has 9 heteroatoms. The Morgan fingerprint density at radius 2 is 1.00 bits per heavy atom. The number of benzene rings is 2. The van der Waals surface area contributed by atoms with Crippen LogP contribution < -0.4 is 11.5 Å². The Bertz CT molecular complexity index is 1770. The van der Waals surface area contributed by atoms with Crippen molar-refractivity contribution in [2.45, 2.75) is 140 Å². The summed E-state index contributed by atoms with van der Waals surface area (Å²) in [5, 5.41) is 2.53. The van der Waals surface area contributed by atoms with E-state index in [0.717, 1.165) is 90.4 Å². The van der Waals surface area contributed by atoms with E-state index in [2.05, 4.69) is 79.9 Å². The molecule has 2 aromatic heterocycles. The third-order valence-corrected chi connectivity index (χ3v) is 13.8. The van der Waals surface area contributed by atoms with Gasteiger partial charge >= 0.3 is 0 Å². The number of aromatic nitrogens is 2. The average molecular weight is 749 g/mol. The van der Waals surface area contributed by atoms with Gasteiger partial charge in [-0.3, -0.25) is 9.59 Å². The summed E-state index contributed by atoms with van der Waals surface area (Å²) >= 11 is 0. The molecule has 4 aliphatic rings. The highest BCUT2D eigenvalue weighted by atomic mass is 16.5. The Balaban J connectivity index is 0.871. The zero-order valence-corrected chi connectivity index (χ0v) is 33.0. The van der Waals surface area contributed by atoms with Crippen LogP contribution in [0.5, 0.6) is 0 Å². The fraction of sp³-hybridized carbons (Fsp3) is 0.609. The number of nitrogens with zero attached hydrogens (tertiary/aromatic N) is 4. The number of fused-ring (bicyclic) bond motifs is 2. The number of hydrogen-bond acceptors (Lipinski definition) is 5. The van der Waals surface area contributed by atoms with E-state index in [1.54, 1.807) is 0 Å². The summed E-state index contributed by atoms with van der Waals surface area (Å²) in [5.41, 5.74) is 18.3. The Morgan fingerprint density at radius 1 is 0.582 bits per heavy atom. The van der Waals surface area contributed by atoms with E-state index in [-0.39, 0.29) is 36.0 Å². The number of rotatable bonds is 14. The van der Waals surface area contributed by atoms with Crippen LogP contribution in [0.2, 0.25) is 0 Å². The molecule has 0 radical (unpaired) electrons. The number of nitrogens with two attached hydrogens (primary N) is 2. The smallest absolute Gasteiger partial charge is 0.240 e. The largest absolute Gasteiger partial charge is 0.378 e. The molecule has 0 unspecified atom stereocenters. The molecule has 8 rings (SSSR count). The van der Waals surface area contributed by atoms with Gasteiger partial charge in [0.05, 0.1) is 25.3 Å². The summed E-state index contributed by atoms with van der Waals surface area (Å²) in [6, 6.07) is 17.0. The molecule has 2 saturated carbocycles. The van der Waals surface area contributed by atoms with Crippen LogP contribution >= 0.6 is 0 Å². The zero-order chi connectivity index (χ0) is 37.7. The fourth-order valence-electron chi connectivity index (χ4n) is 10.7. The average Bonchev–Trinajstić information content (AvgIpc) is 4.04. The second-order valence-corrected chi connectivity index (χ2v) is 17.3. The van der Waals surface area contributed by atoms with Crippen LogP contribution in [-0.4, -0.2) is 81.2 Å². The van der Waals surface area contributed by atoms with Crippen LogP contribution in [-0.2, 0) is 40.3 Å². The first kappa shape index (κ1) is 38.2. The molecule has 2 amide bonds. The van der Waals surface area contributed by atoms with E-state index in [1.165, 1.54) is 71.5 Å². The summed E-state index contributed by atoms with van der Waals surface area (Å²) < 4.78 is 11.0. The third kappa shape index (κ3) is 8.40. The molecule has 4 atom stereocenters. The first-order chi connectivity index (χ1) is 27.0. The van der Waals surface area contributed by atoms with Gasteiger partial charge in [0.25, 0.3) is 0 Å². The van der Waals surface area contributed by atoms with Crippen LogP contribution in [0.4, 0.5) is 0 Å². The van der Waals surface area contributed by atoms with E-state index in [4.69, 9.17) is 16.2 Å². The van der Waals surface area contributed by atoms with Gasteiger partial charge in [-0.2, -0.15) is 0 Å². The summed E-state index contributed by atoms with van der Waals surface area (Å²) in [5.74, 6) is 0.995. The summed E-state index contributed by atoms with van der Waals surface area (Å²) in [6.07, 6.45) is 22.1. The molecule has 296 valence electrons. The highest BCUT2D eigenvalue weighted by Gasteiger charge is 2.37. The SMILES string of the molecule is N[C@H](C(=O)N1CCC[C@H]1Cc1cn(CCOCCn2cc(C[C@@H]3CCCN3C(=O)[C@@H](N)C3CCCCC3)c3ccccc32)c2ccccc12)C1CCCCC1. The van der Waals surface area contributed by atoms with Gasteiger partial charge in [0.2, 0.25) is 11.8 Å². The second-order valence-electron chi connectivity index (χ2n) is 17.3. The first-order valence-corrected chi connectivity index (χ1v) is 21.8. The van der Waals surface area contributed by atoms with Crippen LogP contribution in [0.1, 0.15) is 101 Å². The normalized spacial score (nSPS) is 22.6. The summed E-state index contributed by atoms with van der Waals surface area (Å²) in [6.45, 7) is 4.42. The lowest BCUT2D eigenvalue weighted by Gasteiger charge is -2.32. The van der Waals surface area contributed by atoms with Crippen LogP contribution in [0.25, 0.3) is 21.8 Å². The number of para-hydroxylation sites is 2. The third-order valence-electron chi connectivity index (χ3n) is 13.8. The van der Waals surface area contributed by atoms with Gasteiger partial charge in [0, 0.05) is 72.5 Å². The summed E-state index contributed by atoms with van der Waals surface area (Å²) in [7, 11) is 0. The van der Waals surface area contributed by atoms with Gasteiger partial charge in [-0.1, -0.05) is 74.9 Å². The van der Waals surface area contributed by atoms with Crippen molar-refractivity contribution in [2.24, 2.45) is 23.3 Å². The predicted octanol–water partition coefficient (Wildman–Crippen LogP) is 7.20. The summed E-state index contributed by atoms with van der Waals surface area (Å²) in [4.78, 5) is 31.5. The molecular weight excluding hydrogens is 685 g/mol. The van der Waals surface area contributed by atoms with Crippen molar-refractivity contribution in [1.29, 1.82) is 0 Å². The molecule has 2 aliphatic heterocycles. The van der Waals surface area contributed by atoms with Gasteiger partial charge in [-0.05, 0) is 99.3 Å². The number of ether oxygens (including phenoxy) is 1. The Kier molecular flexibility index (Phi) is 12.3. The number of likely N-dealkylation sites (tertiary alicyclic amines) is 2. The molecule has 4 N–H and O–H groups in total. The molecule has 0 spiro atoms. The Hall–Kier alpha value is -3.66. The molecule has 0 bridgehead atoms. The number of hydrogen-bond donors (Lipinski definition) is 2. The van der Waals surface area contributed by atoms with Crippen LogP contribution in [0, 0.1) is 11.8 Å². The standard InChI is InChI=1S/C46H64N6O3/c47-43(33-13-3-1-4-14-33)45(53)51-23-11-17-37(51)29-35-31-49(41-21-9-7-19-39(35)41)25-27-55-28-26-50-32-36(40-20-8-10-22-42(40)50)30-38-18-12-24-52(38)46(54)44(48)34-15-5-2-6-16-34/h7-10,19-22,31-34,37-38,43-44H,1-6,11-18,23-30,47-48H2/t37-,38-,43-,44-/m0/s1. The molecule has 2 aliphatic carbocycles. The highest BCUT2D eigenvalue weighted by molar-refractivity contribution is 5.86. The lowest BCUT2D eigenvalue weighted by atomic mass is 9.83. The Morgan fingerprint density at radius 3 is 1.44 bits per heavy atom. The van der Waals surface area contributed by atoms with Crippen molar-refractivity contribution in [3.8, 4) is 0 Å². The van der Waals surface area contributed by atoms with Crippen molar-refractivity contribution in [1.82, 2.24) is 18.9 Å². The van der Waals surface area contributed by atoms with Gasteiger partial charge in [-0.25, -0.2) is 0 Å². The van der Waals surface area contributed by atoms with Gasteiger partial charge in [0.1, 0.15) is 0 Å². The van der Waals surface area contributed by atoms with E-state index < -0.39 is 0 Å². The minimum absolute atomic E-state index is 0.166. The van der Waals surface area contributed by atoms with Gasteiger partial charge in [-0.15, -0.1) is 0 Å². The van der Waals surface area contributed by atoms with E-state index in [9.17, 15) is 9.59 Å². The Labute approximate surface area is 327 Å². The van der Waals surface area contributed by atoms with Gasteiger partial charge in [0.15, 0.2) is 0 Å². The van der Waals surface area contributed by atoms with Crippen molar-refractivity contribution < 1.29 is 14.3 Å². The molecule has 2 saturated heterocycles. The van der Waals surface area contributed by atoms with E-state index in [1.807, 2.05) is 0 Å². The number of carbonyl (C=O) groups is 2. The zero-order valence-electron chi connectivity index (χ0n) is 33.0. The molecule has 55 heavy (non-hydrogen) atoms. The first-order valence-electron chi connectivity index (χ1n) is 21.8. The maximum atomic E-state index is 13.6. The molecule has 2 aromatic carbocycles. The topological polar surface area (TPSA) is 112 Å². The van der Waals surface area contributed by atoms with E-state index >= 15 is 0 Å². The van der Waals surface area contributed by atoms with Crippen LogP contribution in [0.3, 0.4) is 0 Å². The van der Waals surface area contributed by atoms with Crippen molar-refractivity contribution in [3.05, 3.63) is 72.1 Å². The minimum Gasteiger partial charge on any atom is -0.378 e. The maximum Gasteiger partial charge on any atom is 0.240 e.